The maximum Gasteiger partial charge on any atom is 0.0931 e. The quantitative estimate of drug-likeness (QED) is 0.837. The topological polar surface area (TPSA) is 21.3 Å². The van der Waals surface area contributed by atoms with Crippen LogP contribution in [0, 0.1) is 0 Å². The van der Waals surface area contributed by atoms with Gasteiger partial charge >= 0.3 is 0 Å². The molecule has 0 saturated heterocycles. The van der Waals surface area contributed by atoms with Gasteiger partial charge in [-0.1, -0.05) is 31.4 Å². The molecule has 4 heteroatoms. The highest BCUT2D eigenvalue weighted by Gasteiger charge is 2.42. The largest absolute Gasteiger partial charge is 0.376 e. The molecular formula is C14H22ClNOS. The van der Waals surface area contributed by atoms with Gasteiger partial charge in [-0.05, 0) is 37.9 Å². The van der Waals surface area contributed by atoms with Gasteiger partial charge in [-0.25, -0.2) is 0 Å². The van der Waals surface area contributed by atoms with Crippen LogP contribution in [0.5, 0.6) is 0 Å². The first-order valence-electron chi connectivity index (χ1n) is 6.75. The van der Waals surface area contributed by atoms with Crippen molar-refractivity contribution in [3.05, 3.63) is 21.3 Å². The predicted molar refractivity (Wildman–Crippen MR) is 78.6 cm³/mol. The Bertz CT molecular complexity index is 374. The molecule has 2 rings (SSSR count). The molecule has 1 heterocycles. The number of nitrogens with one attached hydrogen (secondary N) is 1. The Morgan fingerprint density at radius 3 is 2.67 bits per heavy atom. The molecule has 0 radical (unpaired) electrons. The molecule has 0 aliphatic heterocycles. The average Bonchev–Trinajstić information content (AvgIpc) is 3.00. The van der Waals surface area contributed by atoms with Crippen molar-refractivity contribution in [2.75, 3.05) is 13.7 Å². The Labute approximate surface area is 119 Å². The van der Waals surface area contributed by atoms with Crippen LogP contribution in [0.3, 0.4) is 0 Å². The summed E-state index contributed by atoms with van der Waals surface area (Å²) in [6.45, 7) is 3.21. The fraction of sp³-hybridized carbons (Fsp3) is 0.714. The highest BCUT2D eigenvalue weighted by Crippen LogP contribution is 2.44. The minimum atomic E-state index is -0.0383. The molecule has 18 heavy (non-hydrogen) atoms. The van der Waals surface area contributed by atoms with Crippen LogP contribution in [-0.2, 0) is 4.74 Å². The zero-order valence-electron chi connectivity index (χ0n) is 11.2. The van der Waals surface area contributed by atoms with Crippen LogP contribution < -0.4 is 5.32 Å². The van der Waals surface area contributed by atoms with Gasteiger partial charge in [0.1, 0.15) is 0 Å². The lowest BCUT2D eigenvalue weighted by molar-refractivity contribution is -0.0358. The molecule has 1 unspecified atom stereocenters. The second-order valence-electron chi connectivity index (χ2n) is 5.01. The van der Waals surface area contributed by atoms with Crippen molar-refractivity contribution in [1.29, 1.82) is 0 Å². The van der Waals surface area contributed by atoms with Gasteiger partial charge in [0.25, 0.3) is 0 Å². The van der Waals surface area contributed by atoms with Crippen LogP contribution in [0.4, 0.5) is 0 Å². The molecule has 1 fully saturated rings. The van der Waals surface area contributed by atoms with Gasteiger partial charge in [0, 0.05) is 12.0 Å². The van der Waals surface area contributed by atoms with Gasteiger partial charge in [0.05, 0.1) is 16.0 Å². The Hall–Kier alpha value is -0.0900. The molecule has 1 aliphatic rings. The van der Waals surface area contributed by atoms with E-state index in [2.05, 4.69) is 18.3 Å². The molecule has 0 aromatic carbocycles. The van der Waals surface area contributed by atoms with Gasteiger partial charge in [0.2, 0.25) is 0 Å². The summed E-state index contributed by atoms with van der Waals surface area (Å²) in [7, 11) is 1.85. The van der Waals surface area contributed by atoms with Crippen molar-refractivity contribution < 1.29 is 4.74 Å². The predicted octanol–water partition coefficient (Wildman–Crippen LogP) is 4.40. The number of thiophene rings is 1. The van der Waals surface area contributed by atoms with Gasteiger partial charge in [-0.2, -0.15) is 0 Å². The van der Waals surface area contributed by atoms with E-state index >= 15 is 0 Å². The van der Waals surface area contributed by atoms with Crippen LogP contribution in [-0.4, -0.2) is 19.3 Å². The fourth-order valence-corrected chi connectivity index (χ4v) is 4.15. The summed E-state index contributed by atoms with van der Waals surface area (Å²) in [5.74, 6) is 0. The van der Waals surface area contributed by atoms with E-state index in [1.807, 2.05) is 13.2 Å². The van der Waals surface area contributed by atoms with Crippen molar-refractivity contribution in [2.24, 2.45) is 0 Å². The van der Waals surface area contributed by atoms with Gasteiger partial charge in [0.15, 0.2) is 0 Å². The van der Waals surface area contributed by atoms with Crippen LogP contribution in [0.2, 0.25) is 4.34 Å². The van der Waals surface area contributed by atoms with Crippen molar-refractivity contribution in [3.8, 4) is 0 Å². The number of halogens is 1. The van der Waals surface area contributed by atoms with E-state index in [1.165, 1.54) is 17.7 Å². The van der Waals surface area contributed by atoms with E-state index in [-0.39, 0.29) is 11.6 Å². The SMILES string of the molecule is CCCNC(c1ccc(Cl)s1)C1(OC)CCCC1. The molecule has 0 spiro atoms. The molecule has 0 amide bonds. The summed E-state index contributed by atoms with van der Waals surface area (Å²) in [4.78, 5) is 1.30. The smallest absolute Gasteiger partial charge is 0.0931 e. The molecule has 1 saturated carbocycles. The summed E-state index contributed by atoms with van der Waals surface area (Å²) < 4.78 is 6.78. The molecule has 1 aromatic heterocycles. The Kier molecular flexibility index (Phi) is 5.07. The second kappa shape index (κ2) is 6.38. The normalized spacial score (nSPS) is 20.2. The standard InChI is InChI=1S/C14H22ClNOS/c1-3-10-16-13(11-6-7-12(15)18-11)14(17-2)8-4-5-9-14/h6-7,13,16H,3-5,8-10H2,1-2H3. The number of hydrogen-bond donors (Lipinski definition) is 1. The zero-order chi connectivity index (χ0) is 13.0. The van der Waals surface area contributed by atoms with E-state index < -0.39 is 0 Å². The monoisotopic (exact) mass is 287 g/mol. The fourth-order valence-electron chi connectivity index (χ4n) is 2.90. The van der Waals surface area contributed by atoms with Crippen molar-refractivity contribution in [2.45, 2.75) is 50.7 Å². The maximum atomic E-state index is 6.08. The summed E-state index contributed by atoms with van der Waals surface area (Å²) in [5.41, 5.74) is -0.0383. The van der Waals surface area contributed by atoms with Crippen LogP contribution >= 0.6 is 22.9 Å². The van der Waals surface area contributed by atoms with Gasteiger partial charge in [-0.3, -0.25) is 0 Å². The molecule has 1 aliphatic carbocycles. The number of rotatable bonds is 6. The third kappa shape index (κ3) is 2.90. The van der Waals surface area contributed by atoms with Crippen molar-refractivity contribution in [1.82, 2.24) is 5.32 Å². The van der Waals surface area contributed by atoms with E-state index in [1.54, 1.807) is 11.3 Å². The highest BCUT2D eigenvalue weighted by molar-refractivity contribution is 7.16. The summed E-state index contributed by atoms with van der Waals surface area (Å²) in [6, 6.07) is 4.40. The van der Waals surface area contributed by atoms with Crippen molar-refractivity contribution in [3.63, 3.8) is 0 Å². The summed E-state index contributed by atoms with van der Waals surface area (Å²) in [6.07, 6.45) is 5.94. The van der Waals surface area contributed by atoms with Crippen LogP contribution in [0.15, 0.2) is 12.1 Å². The molecule has 2 nitrogen and oxygen atoms in total. The Morgan fingerprint density at radius 2 is 2.17 bits per heavy atom. The molecular weight excluding hydrogens is 266 g/mol. The average molecular weight is 288 g/mol. The summed E-state index contributed by atoms with van der Waals surface area (Å²) >= 11 is 7.75. The number of hydrogen-bond acceptors (Lipinski definition) is 3. The first-order chi connectivity index (χ1) is 8.72. The minimum absolute atomic E-state index is 0.0383. The second-order valence-corrected chi connectivity index (χ2v) is 6.75. The Morgan fingerprint density at radius 1 is 1.44 bits per heavy atom. The van der Waals surface area contributed by atoms with E-state index in [9.17, 15) is 0 Å². The summed E-state index contributed by atoms with van der Waals surface area (Å²) in [5, 5.41) is 3.66. The van der Waals surface area contributed by atoms with Gasteiger partial charge in [-0.15, -0.1) is 11.3 Å². The lowest BCUT2D eigenvalue weighted by Gasteiger charge is -2.36. The molecule has 1 N–H and O–H groups in total. The zero-order valence-corrected chi connectivity index (χ0v) is 12.7. The van der Waals surface area contributed by atoms with Gasteiger partial charge < -0.3 is 10.1 Å². The van der Waals surface area contributed by atoms with Crippen LogP contribution in [0.25, 0.3) is 0 Å². The minimum Gasteiger partial charge on any atom is -0.376 e. The molecule has 1 aromatic rings. The van der Waals surface area contributed by atoms with E-state index in [4.69, 9.17) is 16.3 Å². The molecule has 102 valence electrons. The van der Waals surface area contributed by atoms with E-state index in [0.29, 0.717) is 0 Å². The third-order valence-corrected chi connectivity index (χ3v) is 5.16. The van der Waals surface area contributed by atoms with Crippen molar-refractivity contribution >= 4 is 22.9 Å². The lowest BCUT2D eigenvalue weighted by atomic mass is 9.90. The first kappa shape index (κ1) is 14.3. The third-order valence-electron chi connectivity index (χ3n) is 3.86. The highest BCUT2D eigenvalue weighted by atomic mass is 35.5. The number of ether oxygens (including phenoxy) is 1. The van der Waals surface area contributed by atoms with E-state index in [0.717, 1.165) is 30.1 Å². The Balaban J connectivity index is 2.23. The first-order valence-corrected chi connectivity index (χ1v) is 7.95. The lowest BCUT2D eigenvalue weighted by Crippen LogP contribution is -2.43. The number of methoxy groups -OCH3 is 1. The van der Waals surface area contributed by atoms with Crippen LogP contribution in [0.1, 0.15) is 49.9 Å². The maximum absolute atomic E-state index is 6.08. The molecule has 0 bridgehead atoms. The molecule has 1 atom stereocenters.